The molecule has 1 unspecified atom stereocenters. The summed E-state index contributed by atoms with van der Waals surface area (Å²) in [6.07, 6.45) is 3.98. The molecule has 11 nitrogen and oxygen atoms in total. The number of rotatable bonds is 8. The van der Waals surface area contributed by atoms with Crippen LogP contribution in [0, 0.1) is 0 Å². The molecule has 5 rings (SSSR count). The first-order valence-electron chi connectivity index (χ1n) is 11.6. The molecule has 4 heterocycles. The number of anilines is 1. The maximum absolute atomic E-state index is 11.9. The van der Waals surface area contributed by atoms with Gasteiger partial charge in [-0.25, -0.2) is 9.50 Å². The number of aromatic nitrogens is 3. The highest BCUT2D eigenvalue weighted by Crippen LogP contribution is 2.55. The van der Waals surface area contributed by atoms with Gasteiger partial charge in [-0.05, 0) is 31.2 Å². The van der Waals surface area contributed by atoms with Crippen molar-refractivity contribution in [3.05, 3.63) is 59.0 Å². The van der Waals surface area contributed by atoms with Gasteiger partial charge in [0.2, 0.25) is 0 Å². The van der Waals surface area contributed by atoms with Gasteiger partial charge >= 0.3 is 15.2 Å². The number of hydrogen-bond donors (Lipinski definition) is 3. The Balaban J connectivity index is 1.35. The lowest BCUT2D eigenvalue weighted by Crippen LogP contribution is -2.23. The van der Waals surface area contributed by atoms with Crippen LogP contribution in [-0.2, 0) is 18.4 Å². The summed E-state index contributed by atoms with van der Waals surface area (Å²) in [5, 5.41) is 4.80. The number of nitrogens with zero attached hydrogens (tertiary/aromatic N) is 4. The maximum Gasteiger partial charge on any atom is 0.340 e. The molecule has 4 atom stereocenters. The Morgan fingerprint density at radius 2 is 1.92 bits per heavy atom. The first-order chi connectivity index (χ1) is 17.1. The largest absolute Gasteiger partial charge is 0.366 e. The first-order valence-corrected chi connectivity index (χ1v) is 15.6. The number of fused-ring (bicyclic) bond motifs is 1. The van der Waals surface area contributed by atoms with E-state index >= 15 is 0 Å². The van der Waals surface area contributed by atoms with Crippen LogP contribution in [0.1, 0.15) is 49.1 Å². The Morgan fingerprint density at radius 3 is 2.67 bits per heavy atom. The van der Waals surface area contributed by atoms with Gasteiger partial charge in [0.15, 0.2) is 16.7 Å². The zero-order chi connectivity index (χ0) is 25.5. The van der Waals surface area contributed by atoms with Crippen LogP contribution in [0.4, 0.5) is 5.69 Å². The molecule has 0 radical (unpaired) electrons. The molecule has 0 amide bonds. The zero-order valence-electron chi connectivity index (χ0n) is 19.3. The molecule has 2 aliphatic rings. The van der Waals surface area contributed by atoms with E-state index in [2.05, 4.69) is 27.1 Å². The zero-order valence-corrected chi connectivity index (χ0v) is 21.8. The predicted octanol–water partition coefficient (Wildman–Crippen LogP) is 4.28. The van der Waals surface area contributed by atoms with Gasteiger partial charge in [-0.2, -0.15) is 5.10 Å². The molecular formula is C22H27ClN4O7P2. The summed E-state index contributed by atoms with van der Waals surface area (Å²) in [5.74, 6) is -1.23. The van der Waals surface area contributed by atoms with E-state index in [1.54, 1.807) is 10.7 Å². The minimum absolute atomic E-state index is 0.209. The number of hydrogen-bond acceptors (Lipinski definition) is 7. The van der Waals surface area contributed by atoms with E-state index in [1.165, 1.54) is 5.56 Å². The van der Waals surface area contributed by atoms with E-state index in [0.29, 0.717) is 29.3 Å². The molecule has 0 aliphatic carbocycles. The highest BCUT2D eigenvalue weighted by atomic mass is 35.5. The molecule has 36 heavy (non-hydrogen) atoms. The van der Waals surface area contributed by atoms with Crippen molar-refractivity contribution in [2.45, 2.75) is 43.9 Å². The van der Waals surface area contributed by atoms with Gasteiger partial charge in [-0.1, -0.05) is 41.9 Å². The van der Waals surface area contributed by atoms with Crippen LogP contribution in [0.2, 0.25) is 5.15 Å². The molecule has 194 valence electrons. The van der Waals surface area contributed by atoms with Crippen LogP contribution in [-0.4, -0.2) is 54.4 Å². The van der Waals surface area contributed by atoms with Gasteiger partial charge in [0.25, 0.3) is 0 Å². The lowest BCUT2D eigenvalue weighted by molar-refractivity contribution is 0.0125. The molecule has 3 aromatic rings. The molecule has 2 aliphatic heterocycles. The monoisotopic (exact) mass is 556 g/mol. The van der Waals surface area contributed by atoms with E-state index < -0.39 is 33.3 Å². The molecule has 2 fully saturated rings. The molecular weight excluding hydrogens is 530 g/mol. The number of ether oxygens (including phenoxy) is 1. The Hall–Kier alpha value is -1.81. The summed E-state index contributed by atoms with van der Waals surface area (Å²) in [5.41, 5.74) is 3.50. The van der Waals surface area contributed by atoms with Gasteiger partial charge in [0, 0.05) is 12.6 Å². The fraction of sp³-hybridized carbons (Fsp3) is 0.455. The van der Waals surface area contributed by atoms with Crippen molar-refractivity contribution in [1.82, 2.24) is 14.6 Å². The number of benzene rings is 1. The van der Waals surface area contributed by atoms with Crippen LogP contribution >= 0.6 is 26.8 Å². The normalized spacial score (nSPS) is 24.4. The summed E-state index contributed by atoms with van der Waals surface area (Å²) in [4.78, 5) is 34.6. The third kappa shape index (κ3) is 5.69. The molecule has 2 aromatic heterocycles. The third-order valence-electron chi connectivity index (χ3n) is 6.45. The minimum Gasteiger partial charge on any atom is -0.366 e. The van der Waals surface area contributed by atoms with Gasteiger partial charge in [0.05, 0.1) is 36.3 Å². The lowest BCUT2D eigenvalue weighted by Gasteiger charge is -2.27. The summed E-state index contributed by atoms with van der Waals surface area (Å²) >= 11 is 6.44. The topological polar surface area (TPSA) is 147 Å². The molecule has 2 saturated heterocycles. The van der Waals surface area contributed by atoms with E-state index in [4.69, 9.17) is 30.6 Å². The lowest BCUT2D eigenvalue weighted by atomic mass is 10.0. The molecule has 0 saturated carbocycles. The third-order valence-corrected chi connectivity index (χ3v) is 10.1. The minimum atomic E-state index is -4.69. The Bertz CT molecular complexity index is 1330. The van der Waals surface area contributed by atoms with Crippen LogP contribution in [0.3, 0.4) is 0 Å². The van der Waals surface area contributed by atoms with E-state index in [1.807, 2.05) is 24.3 Å². The summed E-state index contributed by atoms with van der Waals surface area (Å²) in [6.45, 7) is 0.611. The van der Waals surface area contributed by atoms with Gasteiger partial charge in [-0.3, -0.25) is 9.13 Å². The van der Waals surface area contributed by atoms with Crippen molar-refractivity contribution >= 4 is 38.1 Å². The number of halogens is 1. The first kappa shape index (κ1) is 25.8. The molecule has 14 heteroatoms. The van der Waals surface area contributed by atoms with Crippen molar-refractivity contribution in [3.8, 4) is 0 Å². The van der Waals surface area contributed by atoms with Crippen molar-refractivity contribution in [2.24, 2.45) is 0 Å². The molecule has 1 aromatic carbocycles. The Morgan fingerprint density at radius 1 is 1.14 bits per heavy atom. The molecule has 0 spiro atoms. The van der Waals surface area contributed by atoms with Crippen LogP contribution in [0.25, 0.3) is 5.65 Å². The highest BCUT2D eigenvalue weighted by molar-refractivity contribution is 7.70. The van der Waals surface area contributed by atoms with Crippen LogP contribution < -0.4 is 4.90 Å². The predicted molar refractivity (Wildman–Crippen MR) is 133 cm³/mol. The van der Waals surface area contributed by atoms with Crippen LogP contribution in [0.15, 0.2) is 42.6 Å². The molecule has 3 N–H and O–H groups in total. The maximum atomic E-state index is 11.9. The van der Waals surface area contributed by atoms with E-state index in [9.17, 15) is 14.0 Å². The fourth-order valence-electron chi connectivity index (χ4n) is 4.97. The van der Waals surface area contributed by atoms with Gasteiger partial charge < -0.3 is 28.8 Å². The standard InChI is InChI=1S/C22H27ClN4O7P2/c23-21-11-18(26-10-4-7-17(26)15-5-2-1-3-6-15)22-24-12-19(27(22)25-21)20-9-8-16(34-20)13-33-36(31,32)14-35(28,29)30/h1-3,5-6,11-12,16-17,20H,4,7-10,13-14H2,(H,31,32)(H2,28,29,30)/t16-,17-,20+/m0/s1. The van der Waals surface area contributed by atoms with Crippen LogP contribution in [0.5, 0.6) is 0 Å². The quantitative estimate of drug-likeness (QED) is 0.343. The van der Waals surface area contributed by atoms with E-state index in [0.717, 1.165) is 25.1 Å². The van der Waals surface area contributed by atoms with Crippen molar-refractivity contribution in [1.29, 1.82) is 0 Å². The second-order valence-electron chi connectivity index (χ2n) is 9.10. The second-order valence-corrected chi connectivity index (χ2v) is 13.5. The highest BCUT2D eigenvalue weighted by Gasteiger charge is 2.35. The van der Waals surface area contributed by atoms with Crippen molar-refractivity contribution in [2.75, 3.05) is 24.0 Å². The summed E-state index contributed by atoms with van der Waals surface area (Å²) in [7, 11) is -9.12. The van der Waals surface area contributed by atoms with E-state index in [-0.39, 0.29) is 12.6 Å². The summed E-state index contributed by atoms with van der Waals surface area (Å²) < 4.78 is 35.6. The van der Waals surface area contributed by atoms with Gasteiger partial charge in [0.1, 0.15) is 6.10 Å². The Kier molecular flexibility index (Phi) is 7.29. The average Bonchev–Trinajstić information content (AvgIpc) is 3.55. The van der Waals surface area contributed by atoms with Crippen molar-refractivity contribution in [3.63, 3.8) is 0 Å². The number of imidazole rings is 1. The smallest absolute Gasteiger partial charge is 0.340 e. The summed E-state index contributed by atoms with van der Waals surface area (Å²) in [6, 6.07) is 12.4. The average molecular weight is 557 g/mol. The Labute approximate surface area is 212 Å². The molecule has 0 bridgehead atoms. The second kappa shape index (κ2) is 10.2. The fourth-order valence-corrected chi connectivity index (χ4v) is 7.73. The van der Waals surface area contributed by atoms with Gasteiger partial charge in [-0.15, -0.1) is 0 Å². The SMILES string of the molecule is O=P(O)(O)CP(=O)(O)OC[C@@H]1CC[C@H](c2cnc3c(N4CCC[C@H]4c4ccccc4)cc(Cl)nn23)O1. The van der Waals surface area contributed by atoms with Crippen molar-refractivity contribution < 1.29 is 33.1 Å².